The van der Waals surface area contributed by atoms with Gasteiger partial charge in [0.15, 0.2) is 0 Å². The van der Waals surface area contributed by atoms with Crippen molar-refractivity contribution in [2.45, 2.75) is 64.5 Å². The Labute approximate surface area is 206 Å². The molecule has 0 aliphatic heterocycles. The number of amides is 2. The van der Waals surface area contributed by atoms with Gasteiger partial charge in [0.05, 0.1) is 0 Å². The van der Waals surface area contributed by atoms with Crippen molar-refractivity contribution >= 4 is 18.0 Å². The van der Waals surface area contributed by atoms with E-state index >= 15 is 0 Å². The van der Waals surface area contributed by atoms with E-state index < -0.39 is 23.5 Å². The number of ether oxygens (including phenoxy) is 1. The number of carboxylic acids is 1. The van der Waals surface area contributed by atoms with Gasteiger partial charge in [-0.25, -0.2) is 9.59 Å². The largest absolute Gasteiger partial charge is 0.480 e. The predicted molar refractivity (Wildman–Crippen MR) is 133 cm³/mol. The molecule has 2 aliphatic carbocycles. The summed E-state index contributed by atoms with van der Waals surface area (Å²) >= 11 is 0. The number of benzene rings is 2. The summed E-state index contributed by atoms with van der Waals surface area (Å²) in [5.74, 6) is -1.19. The summed E-state index contributed by atoms with van der Waals surface area (Å²) in [6.07, 6.45) is 2.05. The molecule has 2 amide bonds. The molecule has 4 rings (SSSR count). The molecule has 0 heterocycles. The van der Waals surface area contributed by atoms with Gasteiger partial charge in [-0.05, 0) is 52.8 Å². The monoisotopic (exact) mass is 478 g/mol. The number of carbonyl (C=O) groups excluding carboxylic acids is 2. The smallest absolute Gasteiger partial charge is 0.407 e. The van der Waals surface area contributed by atoms with Crippen LogP contribution in [0.4, 0.5) is 4.79 Å². The lowest BCUT2D eigenvalue weighted by molar-refractivity contribution is -0.145. The Morgan fingerprint density at radius 1 is 1.00 bits per heavy atom. The van der Waals surface area contributed by atoms with Crippen molar-refractivity contribution in [3.05, 3.63) is 59.7 Å². The Hall–Kier alpha value is -3.35. The van der Waals surface area contributed by atoms with Crippen molar-refractivity contribution in [3.63, 3.8) is 0 Å². The second kappa shape index (κ2) is 10.1. The lowest BCUT2D eigenvalue weighted by Gasteiger charge is -2.28. The average molecular weight is 479 g/mol. The van der Waals surface area contributed by atoms with Gasteiger partial charge >= 0.3 is 12.1 Å². The van der Waals surface area contributed by atoms with Crippen LogP contribution in [0.1, 0.15) is 63.5 Å². The Morgan fingerprint density at radius 2 is 1.60 bits per heavy atom. The molecular formula is C28H34N2O5. The molecule has 1 saturated carbocycles. The first kappa shape index (κ1) is 24.8. The molecule has 0 bridgehead atoms. The van der Waals surface area contributed by atoms with Crippen LogP contribution in [0.15, 0.2) is 48.5 Å². The number of hydrogen-bond acceptors (Lipinski definition) is 4. The highest BCUT2D eigenvalue weighted by Gasteiger charge is 2.35. The van der Waals surface area contributed by atoms with Crippen LogP contribution >= 0.6 is 0 Å². The quantitative estimate of drug-likeness (QED) is 0.535. The molecule has 7 heteroatoms. The summed E-state index contributed by atoms with van der Waals surface area (Å²) in [5, 5.41) is 15.0. The second-order valence-corrected chi connectivity index (χ2v) is 10.8. The fourth-order valence-electron chi connectivity index (χ4n) is 5.33. The van der Waals surface area contributed by atoms with Crippen molar-refractivity contribution in [2.75, 3.05) is 6.61 Å². The van der Waals surface area contributed by atoms with Gasteiger partial charge in [0.25, 0.3) is 0 Å². The van der Waals surface area contributed by atoms with E-state index in [0.29, 0.717) is 6.42 Å². The zero-order valence-corrected chi connectivity index (χ0v) is 20.5. The number of carboxylic acid groups (broad SMARTS) is 1. The van der Waals surface area contributed by atoms with E-state index in [-0.39, 0.29) is 36.8 Å². The van der Waals surface area contributed by atoms with E-state index in [9.17, 15) is 19.5 Å². The van der Waals surface area contributed by atoms with E-state index in [0.717, 1.165) is 12.8 Å². The molecule has 2 aromatic rings. The highest BCUT2D eigenvalue weighted by molar-refractivity contribution is 5.84. The van der Waals surface area contributed by atoms with Gasteiger partial charge in [0, 0.05) is 18.4 Å². The summed E-state index contributed by atoms with van der Waals surface area (Å²) in [6.45, 7) is 5.63. The van der Waals surface area contributed by atoms with Gasteiger partial charge in [-0.3, -0.25) is 4.79 Å². The van der Waals surface area contributed by atoms with Crippen LogP contribution in [0.3, 0.4) is 0 Å². The van der Waals surface area contributed by atoms with Crippen LogP contribution in [0.2, 0.25) is 0 Å². The minimum atomic E-state index is -1.04. The molecule has 186 valence electrons. The van der Waals surface area contributed by atoms with Gasteiger partial charge in [0.2, 0.25) is 5.91 Å². The first-order valence-corrected chi connectivity index (χ1v) is 12.3. The maximum atomic E-state index is 12.6. The molecule has 1 fully saturated rings. The van der Waals surface area contributed by atoms with Gasteiger partial charge in [-0.2, -0.15) is 0 Å². The number of hydrogen-bond donors (Lipinski definition) is 3. The van der Waals surface area contributed by atoms with E-state index in [1.807, 2.05) is 24.3 Å². The van der Waals surface area contributed by atoms with Crippen molar-refractivity contribution in [3.8, 4) is 11.1 Å². The van der Waals surface area contributed by atoms with E-state index in [1.54, 1.807) is 20.8 Å². The number of carbonyl (C=O) groups is 3. The van der Waals surface area contributed by atoms with Gasteiger partial charge in [-0.15, -0.1) is 0 Å². The number of aliphatic carboxylic acids is 1. The van der Waals surface area contributed by atoms with Gasteiger partial charge in [-0.1, -0.05) is 69.3 Å². The zero-order valence-electron chi connectivity index (χ0n) is 20.5. The summed E-state index contributed by atoms with van der Waals surface area (Å²) in [6, 6.07) is 15.4. The maximum absolute atomic E-state index is 12.6. The Balaban J connectivity index is 1.26. The van der Waals surface area contributed by atoms with Gasteiger partial charge in [0.1, 0.15) is 12.6 Å². The second-order valence-electron chi connectivity index (χ2n) is 10.8. The summed E-state index contributed by atoms with van der Waals surface area (Å²) in [5.41, 5.74) is 4.13. The Bertz CT molecular complexity index is 1060. The summed E-state index contributed by atoms with van der Waals surface area (Å²) in [4.78, 5) is 36.5. The highest BCUT2D eigenvalue weighted by Crippen LogP contribution is 2.44. The minimum Gasteiger partial charge on any atom is -0.480 e. The zero-order chi connectivity index (χ0) is 25.2. The molecule has 2 aromatic carbocycles. The molecule has 0 saturated heterocycles. The number of rotatable bonds is 7. The van der Waals surface area contributed by atoms with Crippen molar-refractivity contribution in [1.29, 1.82) is 0 Å². The van der Waals surface area contributed by atoms with Crippen molar-refractivity contribution in [1.82, 2.24) is 10.6 Å². The first-order chi connectivity index (χ1) is 16.6. The molecule has 2 unspecified atom stereocenters. The standard InChI is InChI=1S/C28H34N2O5/c1-28(2,3)25(26(32)33)30-24(31)15-17-12-13-18(14-17)29-27(34)35-16-23-21-10-6-4-8-19(21)20-9-5-7-11-22(20)23/h4-11,17-18,23,25H,12-16H2,1-3H3,(H,29,34)(H,30,31)(H,32,33)/t17?,18?,25-/m0/s1. The van der Waals surface area contributed by atoms with Crippen molar-refractivity contribution in [2.24, 2.45) is 11.3 Å². The van der Waals surface area contributed by atoms with Crippen LogP contribution in [-0.2, 0) is 14.3 Å². The van der Waals surface area contributed by atoms with Crippen molar-refractivity contribution < 1.29 is 24.2 Å². The molecule has 2 aliphatic rings. The molecule has 35 heavy (non-hydrogen) atoms. The van der Waals surface area contributed by atoms with Crippen LogP contribution in [0.5, 0.6) is 0 Å². The van der Waals surface area contributed by atoms with Crippen LogP contribution < -0.4 is 10.6 Å². The van der Waals surface area contributed by atoms with E-state index in [4.69, 9.17) is 4.74 Å². The SMILES string of the molecule is CC(C)(C)[C@@H](NC(=O)CC1CCC(NC(=O)OCC2c3ccccc3-c3ccccc32)C1)C(=O)O. The minimum absolute atomic E-state index is 0.0122. The molecule has 3 N–H and O–H groups in total. The topological polar surface area (TPSA) is 105 Å². The Kier molecular flexibility index (Phi) is 7.15. The number of fused-ring (bicyclic) bond motifs is 3. The third-order valence-electron chi connectivity index (χ3n) is 7.10. The van der Waals surface area contributed by atoms with E-state index in [2.05, 4.69) is 34.9 Å². The fraction of sp³-hybridized carbons (Fsp3) is 0.464. The Morgan fingerprint density at radius 3 is 2.17 bits per heavy atom. The molecular weight excluding hydrogens is 444 g/mol. The van der Waals surface area contributed by atoms with Gasteiger partial charge < -0.3 is 20.5 Å². The first-order valence-electron chi connectivity index (χ1n) is 12.3. The number of alkyl carbamates (subject to hydrolysis) is 1. The lowest BCUT2D eigenvalue weighted by atomic mass is 9.86. The van der Waals surface area contributed by atoms with E-state index in [1.165, 1.54) is 22.3 Å². The highest BCUT2D eigenvalue weighted by atomic mass is 16.5. The predicted octanol–water partition coefficient (Wildman–Crippen LogP) is 4.70. The molecule has 7 nitrogen and oxygen atoms in total. The molecule has 3 atom stereocenters. The molecule has 0 aromatic heterocycles. The normalized spacial score (nSPS) is 20.0. The third kappa shape index (κ3) is 5.66. The summed E-state index contributed by atoms with van der Waals surface area (Å²) in [7, 11) is 0. The van der Waals surface area contributed by atoms with Crippen LogP contribution in [-0.4, -0.2) is 41.8 Å². The maximum Gasteiger partial charge on any atom is 0.407 e. The number of nitrogens with one attached hydrogen (secondary N) is 2. The van der Waals surface area contributed by atoms with Crippen LogP contribution in [0.25, 0.3) is 11.1 Å². The molecule has 0 radical (unpaired) electrons. The van der Waals surface area contributed by atoms with Crippen LogP contribution in [0, 0.1) is 11.3 Å². The fourth-order valence-corrected chi connectivity index (χ4v) is 5.33. The average Bonchev–Trinajstić information content (AvgIpc) is 3.37. The summed E-state index contributed by atoms with van der Waals surface area (Å²) < 4.78 is 5.64. The molecule has 0 spiro atoms. The third-order valence-corrected chi connectivity index (χ3v) is 7.10. The lowest BCUT2D eigenvalue weighted by Crippen LogP contribution is -2.49.